The van der Waals surface area contributed by atoms with E-state index >= 15 is 0 Å². The fraction of sp³-hybridized carbons (Fsp3) is 0.167. The van der Waals surface area contributed by atoms with E-state index in [2.05, 4.69) is 10.1 Å². The van der Waals surface area contributed by atoms with Crippen molar-refractivity contribution < 1.29 is 26.3 Å². The van der Waals surface area contributed by atoms with Gasteiger partial charge in [0.25, 0.3) is 0 Å². The topological polar surface area (TPSA) is 90.9 Å². The molecule has 6 nitrogen and oxygen atoms in total. The second-order valence-corrected chi connectivity index (χ2v) is 7.98. The molecule has 0 aliphatic carbocycles. The van der Waals surface area contributed by atoms with E-state index < -0.39 is 27.8 Å². The van der Waals surface area contributed by atoms with Gasteiger partial charge in [-0.2, -0.15) is 13.2 Å². The van der Waals surface area contributed by atoms with Crippen molar-refractivity contribution in [2.75, 3.05) is 6.26 Å². The van der Waals surface area contributed by atoms with Crippen molar-refractivity contribution in [2.24, 2.45) is 5.11 Å². The van der Waals surface area contributed by atoms with Crippen molar-refractivity contribution in [1.82, 2.24) is 10.5 Å². The van der Waals surface area contributed by atoms with E-state index in [-0.39, 0.29) is 27.2 Å². The minimum atomic E-state index is -4.75. The van der Waals surface area contributed by atoms with Crippen LogP contribution in [0.2, 0.25) is 0 Å². The number of rotatable bonds is 4. The Kier molecular flexibility index (Phi) is 5.07. The first-order chi connectivity index (χ1) is 13.1. The maximum Gasteiger partial charge on any atom is 0.419 e. The lowest BCUT2D eigenvalue weighted by Gasteiger charge is -2.27. The van der Waals surface area contributed by atoms with E-state index in [0.717, 1.165) is 6.26 Å². The number of allylic oxidation sites excluding steroid dienone is 2. The Morgan fingerprint density at radius 3 is 2.32 bits per heavy atom. The van der Waals surface area contributed by atoms with E-state index in [4.69, 9.17) is 4.74 Å². The molecular formula is C18H13F3N3O3S. The monoisotopic (exact) mass is 408 g/mol. The molecule has 10 heteroatoms. The molecule has 0 saturated heterocycles. The predicted octanol–water partition coefficient (Wildman–Crippen LogP) is 3.45. The van der Waals surface area contributed by atoms with E-state index in [1.807, 2.05) is 0 Å². The van der Waals surface area contributed by atoms with Crippen LogP contribution in [-0.2, 0) is 14.6 Å². The second-order valence-electron chi connectivity index (χ2n) is 5.96. The van der Waals surface area contributed by atoms with Crippen LogP contribution in [0.5, 0.6) is 0 Å². The molecule has 28 heavy (non-hydrogen) atoms. The molecule has 0 N–H and O–H groups in total. The lowest BCUT2D eigenvalue weighted by molar-refractivity contribution is -0.0900. The number of hydrogen-bond donors (Lipinski definition) is 0. The zero-order valence-electron chi connectivity index (χ0n) is 14.4. The van der Waals surface area contributed by atoms with E-state index in [9.17, 15) is 27.1 Å². The number of aromatic nitrogens is 1. The average molecular weight is 408 g/mol. The quantitative estimate of drug-likeness (QED) is 0.725. The first-order valence-electron chi connectivity index (χ1n) is 7.85. The van der Waals surface area contributed by atoms with Crippen molar-refractivity contribution in [3.63, 3.8) is 0 Å². The van der Waals surface area contributed by atoms with E-state index in [1.54, 1.807) is 0 Å². The van der Waals surface area contributed by atoms with Crippen LogP contribution in [0.25, 0.3) is 11.1 Å². The van der Waals surface area contributed by atoms with Gasteiger partial charge in [-0.3, -0.25) is 4.98 Å². The lowest BCUT2D eigenvalue weighted by Crippen LogP contribution is -2.23. The molecule has 145 valence electrons. The molecule has 1 aromatic heterocycles. The number of sulfone groups is 1. The van der Waals surface area contributed by atoms with Crippen LogP contribution in [0.4, 0.5) is 13.2 Å². The zero-order valence-corrected chi connectivity index (χ0v) is 15.2. The number of halogens is 3. The number of nitrogens with zero attached hydrogens (tertiary/aromatic N) is 3. The van der Waals surface area contributed by atoms with E-state index in [1.165, 1.54) is 48.8 Å². The van der Waals surface area contributed by atoms with Gasteiger partial charge in [0.05, 0.1) is 16.7 Å². The highest BCUT2D eigenvalue weighted by molar-refractivity contribution is 7.90. The lowest BCUT2D eigenvalue weighted by atomic mass is 9.88. The third-order valence-electron chi connectivity index (χ3n) is 4.05. The van der Waals surface area contributed by atoms with Crippen LogP contribution in [0, 0.1) is 0 Å². The molecule has 1 atom stereocenters. The molecule has 1 radical (unpaired) electrons. The number of ether oxygens (including phenoxy) is 1. The Hall–Kier alpha value is -3.01. The molecule has 3 rings (SSSR count). The summed E-state index contributed by atoms with van der Waals surface area (Å²) in [5.74, 6) is 0. The Bertz CT molecular complexity index is 1060. The van der Waals surface area contributed by atoms with E-state index in [0.29, 0.717) is 6.26 Å². The molecule has 0 amide bonds. The Morgan fingerprint density at radius 1 is 1.14 bits per heavy atom. The number of hydrogen-bond acceptors (Lipinski definition) is 5. The van der Waals surface area contributed by atoms with Gasteiger partial charge in [-0.1, -0.05) is 18.2 Å². The normalized spacial score (nSPS) is 17.7. The highest BCUT2D eigenvalue weighted by atomic mass is 32.2. The molecule has 1 aromatic carbocycles. The van der Waals surface area contributed by atoms with Crippen molar-refractivity contribution >= 4 is 21.0 Å². The van der Waals surface area contributed by atoms with Gasteiger partial charge in [-0.25, -0.2) is 8.42 Å². The van der Waals surface area contributed by atoms with Gasteiger partial charge in [-0.15, -0.1) is 5.11 Å². The maximum atomic E-state index is 13.6. The Labute approximate surface area is 158 Å². The summed E-state index contributed by atoms with van der Waals surface area (Å²) in [7, 11) is -3.49. The van der Waals surface area contributed by atoms with Crippen LogP contribution < -0.4 is 5.53 Å². The van der Waals surface area contributed by atoms with Gasteiger partial charge in [0.15, 0.2) is 9.84 Å². The fourth-order valence-electron chi connectivity index (χ4n) is 2.81. The number of pyridine rings is 1. The average Bonchev–Trinajstić information content (AvgIpc) is 2.66. The summed E-state index contributed by atoms with van der Waals surface area (Å²) in [4.78, 5) is 3.86. The minimum absolute atomic E-state index is 0.000537. The first kappa shape index (κ1) is 19.7. The molecule has 1 aliphatic rings. The van der Waals surface area contributed by atoms with Gasteiger partial charge in [-0.05, 0) is 29.3 Å². The number of alkyl halides is 3. The highest BCUT2D eigenvalue weighted by Gasteiger charge is 2.42. The van der Waals surface area contributed by atoms with Crippen LogP contribution in [-0.4, -0.2) is 32.1 Å². The summed E-state index contributed by atoms with van der Waals surface area (Å²) in [5, 5.41) is 3.04. The maximum absolute atomic E-state index is 13.6. The van der Waals surface area contributed by atoms with Crippen molar-refractivity contribution in [3.8, 4) is 0 Å². The smallest absolute Gasteiger partial charge is 0.419 e. The fourth-order valence-corrected chi connectivity index (χ4v) is 3.44. The van der Waals surface area contributed by atoms with Gasteiger partial charge >= 0.3 is 6.18 Å². The predicted molar refractivity (Wildman–Crippen MR) is 94.2 cm³/mol. The molecule has 0 bridgehead atoms. The van der Waals surface area contributed by atoms with Gasteiger partial charge in [0.2, 0.25) is 6.23 Å². The van der Waals surface area contributed by atoms with Crippen molar-refractivity contribution in [1.29, 1.82) is 0 Å². The molecule has 1 unspecified atom stereocenters. The molecule has 2 heterocycles. The highest BCUT2D eigenvalue weighted by Crippen LogP contribution is 2.45. The van der Waals surface area contributed by atoms with Crippen LogP contribution in [0.1, 0.15) is 11.1 Å². The summed E-state index contributed by atoms with van der Waals surface area (Å²) in [6, 6.07) is 8.11. The second kappa shape index (κ2) is 7.19. The largest absolute Gasteiger partial charge is 0.470 e. The van der Waals surface area contributed by atoms with Gasteiger partial charge < -0.3 is 4.74 Å². The Morgan fingerprint density at radius 2 is 1.82 bits per heavy atom. The molecule has 1 aliphatic heterocycles. The van der Waals surface area contributed by atoms with Gasteiger partial charge in [0, 0.05) is 35.4 Å². The van der Waals surface area contributed by atoms with Crippen LogP contribution >= 0.6 is 0 Å². The van der Waals surface area contributed by atoms with Crippen LogP contribution in [0.3, 0.4) is 0 Å². The standard InChI is InChI=1S/C18H13F3N3O3S/c1-28(25,26)13-6-4-11(5-7-13)16-15(12-3-2-8-23-9-12)14(18(19,20)21)10-27-17(16)24-22/h2-10,17H,1H3. The molecule has 0 saturated carbocycles. The molecule has 2 aromatic rings. The SMILES string of the molecule is CS(=O)(=O)c1ccc(C2=C(c3cccnc3)C(C(F)(F)F)=COC2N=[N])cc1. The van der Waals surface area contributed by atoms with Crippen LogP contribution in [0.15, 0.2) is 70.6 Å². The summed E-state index contributed by atoms with van der Waals surface area (Å²) in [6.45, 7) is 0. The molecular weight excluding hydrogens is 395 g/mol. The van der Waals surface area contributed by atoms with Crippen molar-refractivity contribution in [2.45, 2.75) is 17.3 Å². The minimum Gasteiger partial charge on any atom is -0.470 e. The summed E-state index contributed by atoms with van der Waals surface area (Å²) < 4.78 is 69.2. The molecule has 0 spiro atoms. The summed E-state index contributed by atoms with van der Waals surface area (Å²) >= 11 is 0. The van der Waals surface area contributed by atoms with Crippen molar-refractivity contribution in [3.05, 3.63) is 71.8 Å². The first-order valence-corrected chi connectivity index (χ1v) is 9.74. The zero-order chi connectivity index (χ0) is 20.5. The third kappa shape index (κ3) is 3.81. The third-order valence-corrected chi connectivity index (χ3v) is 5.18. The summed E-state index contributed by atoms with van der Waals surface area (Å²) in [6.07, 6.45) is -1.99. The summed E-state index contributed by atoms with van der Waals surface area (Å²) in [5.41, 5.74) is 8.27. The number of benzene rings is 1. The molecule has 0 fully saturated rings. The van der Waals surface area contributed by atoms with Gasteiger partial charge in [0.1, 0.15) is 0 Å². The Balaban J connectivity index is 2.30.